The molecule has 110 valence electrons. The number of halogens is 2. The first-order valence-electron chi connectivity index (χ1n) is 6.81. The van der Waals surface area contributed by atoms with Crippen LogP contribution in [0, 0.1) is 0 Å². The number of hydrogen-bond donors (Lipinski definition) is 1. The second kappa shape index (κ2) is 5.81. The maximum Gasteiger partial charge on any atom is 0.236 e. The van der Waals surface area contributed by atoms with E-state index >= 15 is 0 Å². The molecule has 1 unspecified atom stereocenters. The summed E-state index contributed by atoms with van der Waals surface area (Å²) >= 11 is 9.40. The van der Waals surface area contributed by atoms with Gasteiger partial charge in [0.1, 0.15) is 0 Å². The number of alkyl halides is 1. The maximum absolute atomic E-state index is 12.2. The highest BCUT2D eigenvalue weighted by Crippen LogP contribution is 2.30. The van der Waals surface area contributed by atoms with Crippen molar-refractivity contribution in [3.05, 3.63) is 40.5 Å². The fourth-order valence-corrected chi connectivity index (χ4v) is 3.09. The number of hydrogen-bond acceptors (Lipinski definition) is 2. The molecule has 2 heterocycles. The van der Waals surface area contributed by atoms with Crippen LogP contribution in [-0.2, 0) is 17.8 Å². The average molecular weight is 369 g/mol. The highest BCUT2D eigenvalue weighted by molar-refractivity contribution is 9.10. The highest BCUT2D eigenvalue weighted by Gasteiger charge is 2.27. The van der Waals surface area contributed by atoms with Crippen LogP contribution in [0.2, 0.25) is 5.02 Å². The van der Waals surface area contributed by atoms with Crippen LogP contribution in [0.25, 0.3) is 11.3 Å². The van der Waals surface area contributed by atoms with Gasteiger partial charge in [0.05, 0.1) is 10.5 Å². The van der Waals surface area contributed by atoms with Crippen LogP contribution >= 0.6 is 27.5 Å². The number of aromatic nitrogens is 2. The van der Waals surface area contributed by atoms with Crippen LogP contribution in [0.5, 0.6) is 0 Å². The van der Waals surface area contributed by atoms with E-state index in [2.05, 4.69) is 26.1 Å². The first-order valence-corrected chi connectivity index (χ1v) is 8.10. The SMILES string of the molecule is CC(Br)C(=O)N1CCc2[nH]nc(-c3cccc(Cl)c3)c2C1. The summed E-state index contributed by atoms with van der Waals surface area (Å²) in [4.78, 5) is 13.9. The molecular formula is C15H15BrClN3O. The Balaban J connectivity index is 1.94. The molecular weight excluding hydrogens is 354 g/mol. The van der Waals surface area contributed by atoms with Gasteiger partial charge >= 0.3 is 0 Å². The molecule has 1 aromatic carbocycles. The molecule has 0 radical (unpaired) electrons. The third kappa shape index (κ3) is 2.85. The van der Waals surface area contributed by atoms with Crippen molar-refractivity contribution in [1.82, 2.24) is 15.1 Å². The van der Waals surface area contributed by atoms with Crippen molar-refractivity contribution in [1.29, 1.82) is 0 Å². The van der Waals surface area contributed by atoms with E-state index in [1.54, 1.807) is 0 Å². The fourth-order valence-electron chi connectivity index (χ4n) is 2.61. The third-order valence-electron chi connectivity index (χ3n) is 3.68. The Morgan fingerprint density at radius 1 is 1.52 bits per heavy atom. The van der Waals surface area contributed by atoms with Crippen LogP contribution in [0.3, 0.4) is 0 Å². The van der Waals surface area contributed by atoms with E-state index in [-0.39, 0.29) is 10.7 Å². The second-order valence-electron chi connectivity index (χ2n) is 5.17. The Labute approximate surface area is 136 Å². The van der Waals surface area contributed by atoms with Crippen molar-refractivity contribution in [2.24, 2.45) is 0 Å². The first kappa shape index (κ1) is 14.6. The minimum atomic E-state index is -0.166. The van der Waals surface area contributed by atoms with Gasteiger partial charge < -0.3 is 4.90 Å². The molecule has 21 heavy (non-hydrogen) atoms. The van der Waals surface area contributed by atoms with Gasteiger partial charge in [-0.15, -0.1) is 0 Å². The van der Waals surface area contributed by atoms with Crippen LogP contribution in [-0.4, -0.2) is 32.4 Å². The average Bonchev–Trinajstić information content (AvgIpc) is 2.89. The number of fused-ring (bicyclic) bond motifs is 1. The lowest BCUT2D eigenvalue weighted by Crippen LogP contribution is -2.39. The molecule has 4 nitrogen and oxygen atoms in total. The van der Waals surface area contributed by atoms with Gasteiger partial charge in [-0.2, -0.15) is 5.10 Å². The van der Waals surface area contributed by atoms with Gasteiger partial charge in [-0.25, -0.2) is 0 Å². The number of nitrogens with zero attached hydrogens (tertiary/aromatic N) is 2. The Kier molecular flexibility index (Phi) is 4.04. The fraction of sp³-hybridized carbons (Fsp3) is 0.333. The molecule has 0 saturated carbocycles. The Morgan fingerprint density at radius 2 is 2.33 bits per heavy atom. The van der Waals surface area contributed by atoms with E-state index in [0.29, 0.717) is 11.6 Å². The number of benzene rings is 1. The summed E-state index contributed by atoms with van der Waals surface area (Å²) in [5, 5.41) is 8.19. The molecule has 0 saturated heterocycles. The standard InChI is InChI=1S/C15H15BrClN3O/c1-9(16)15(21)20-6-5-13-12(8-20)14(19-18-13)10-3-2-4-11(17)7-10/h2-4,7,9H,5-6,8H2,1H3,(H,18,19). The molecule has 0 spiro atoms. The molecule has 1 atom stereocenters. The second-order valence-corrected chi connectivity index (χ2v) is 6.98. The number of rotatable bonds is 2. The number of nitrogens with one attached hydrogen (secondary N) is 1. The molecule has 1 N–H and O–H groups in total. The third-order valence-corrected chi connectivity index (χ3v) is 4.31. The molecule has 3 rings (SSSR count). The summed E-state index contributed by atoms with van der Waals surface area (Å²) in [6.07, 6.45) is 0.800. The monoisotopic (exact) mass is 367 g/mol. The first-order chi connectivity index (χ1) is 10.1. The molecule has 1 aromatic heterocycles. The normalized spacial score (nSPS) is 15.7. The predicted molar refractivity (Wildman–Crippen MR) is 86.5 cm³/mol. The lowest BCUT2D eigenvalue weighted by atomic mass is 10.0. The number of carbonyl (C=O) groups excluding carboxylic acids is 1. The molecule has 0 aliphatic carbocycles. The molecule has 0 bridgehead atoms. The van der Waals surface area contributed by atoms with Gasteiger partial charge in [0.25, 0.3) is 0 Å². The zero-order valence-electron chi connectivity index (χ0n) is 11.6. The van der Waals surface area contributed by atoms with Gasteiger partial charge in [-0.3, -0.25) is 9.89 Å². The van der Waals surface area contributed by atoms with Crippen LogP contribution in [0.4, 0.5) is 0 Å². The quantitative estimate of drug-likeness (QED) is 0.826. The summed E-state index contributed by atoms with van der Waals surface area (Å²) < 4.78 is 0. The Morgan fingerprint density at radius 3 is 3.05 bits per heavy atom. The van der Waals surface area contributed by atoms with E-state index in [9.17, 15) is 4.79 Å². The van der Waals surface area contributed by atoms with Crippen molar-refractivity contribution >= 4 is 33.4 Å². The van der Waals surface area contributed by atoms with Crippen molar-refractivity contribution < 1.29 is 4.79 Å². The van der Waals surface area contributed by atoms with E-state index in [1.807, 2.05) is 36.1 Å². The zero-order chi connectivity index (χ0) is 15.0. The Bertz CT molecular complexity index is 683. The van der Waals surface area contributed by atoms with Crippen molar-refractivity contribution in [2.45, 2.75) is 24.7 Å². The molecule has 1 aliphatic heterocycles. The zero-order valence-corrected chi connectivity index (χ0v) is 13.9. The molecule has 0 fully saturated rings. The maximum atomic E-state index is 12.2. The Hall–Kier alpha value is -1.33. The van der Waals surface area contributed by atoms with Gasteiger partial charge in [-0.05, 0) is 19.1 Å². The van der Waals surface area contributed by atoms with Crippen LogP contribution in [0.15, 0.2) is 24.3 Å². The van der Waals surface area contributed by atoms with Crippen LogP contribution in [0.1, 0.15) is 18.2 Å². The molecule has 2 aromatic rings. The summed E-state index contributed by atoms with van der Waals surface area (Å²) in [5.74, 6) is 0.110. The van der Waals surface area contributed by atoms with Crippen molar-refractivity contribution in [2.75, 3.05) is 6.54 Å². The topological polar surface area (TPSA) is 49.0 Å². The van der Waals surface area contributed by atoms with Gasteiger partial charge in [0.15, 0.2) is 0 Å². The van der Waals surface area contributed by atoms with Gasteiger partial charge in [-0.1, -0.05) is 39.7 Å². The highest BCUT2D eigenvalue weighted by atomic mass is 79.9. The van der Waals surface area contributed by atoms with E-state index < -0.39 is 0 Å². The van der Waals surface area contributed by atoms with E-state index in [0.717, 1.165) is 35.5 Å². The van der Waals surface area contributed by atoms with Crippen molar-refractivity contribution in [3.63, 3.8) is 0 Å². The summed E-state index contributed by atoms with van der Waals surface area (Å²) in [6.45, 7) is 3.16. The van der Waals surface area contributed by atoms with Gasteiger partial charge in [0, 0.05) is 41.4 Å². The van der Waals surface area contributed by atoms with Gasteiger partial charge in [0.2, 0.25) is 5.91 Å². The van der Waals surface area contributed by atoms with Crippen molar-refractivity contribution in [3.8, 4) is 11.3 Å². The molecule has 6 heteroatoms. The number of H-pyrrole nitrogens is 1. The molecule has 1 aliphatic rings. The van der Waals surface area contributed by atoms with E-state index in [4.69, 9.17) is 11.6 Å². The lowest BCUT2D eigenvalue weighted by molar-refractivity contribution is -0.131. The number of amides is 1. The van der Waals surface area contributed by atoms with Crippen LogP contribution < -0.4 is 0 Å². The summed E-state index contributed by atoms with van der Waals surface area (Å²) in [6, 6.07) is 7.62. The minimum absolute atomic E-state index is 0.110. The number of carbonyl (C=O) groups is 1. The predicted octanol–water partition coefficient (Wildman–Crippen LogP) is 3.40. The number of aromatic amines is 1. The van der Waals surface area contributed by atoms with E-state index in [1.165, 1.54) is 0 Å². The largest absolute Gasteiger partial charge is 0.337 e. The smallest absolute Gasteiger partial charge is 0.236 e. The lowest BCUT2D eigenvalue weighted by Gasteiger charge is -2.28. The summed E-state index contributed by atoms with van der Waals surface area (Å²) in [7, 11) is 0. The minimum Gasteiger partial charge on any atom is -0.337 e. The summed E-state index contributed by atoms with van der Waals surface area (Å²) in [5.41, 5.74) is 4.05. The molecule has 1 amide bonds.